The summed E-state index contributed by atoms with van der Waals surface area (Å²) in [7, 11) is 0. The van der Waals surface area contributed by atoms with E-state index in [1.165, 1.54) is 6.07 Å². The Kier molecular flexibility index (Phi) is 4.30. The van der Waals surface area contributed by atoms with Gasteiger partial charge in [-0.25, -0.2) is 4.39 Å². The van der Waals surface area contributed by atoms with Crippen molar-refractivity contribution < 1.29 is 4.39 Å². The lowest BCUT2D eigenvalue weighted by Gasteiger charge is -2.06. The van der Waals surface area contributed by atoms with E-state index in [2.05, 4.69) is 27.0 Å². The quantitative estimate of drug-likeness (QED) is 0.661. The number of aliphatic imine (C=N–C) groups is 1. The number of aromatic nitrogens is 2. The topological polar surface area (TPSA) is 50.2 Å². The van der Waals surface area contributed by atoms with Crippen LogP contribution in [0.2, 0.25) is 0 Å². The summed E-state index contributed by atoms with van der Waals surface area (Å²) in [5.41, 5.74) is 2.69. The largest absolute Gasteiger partial charge is 0.294 e. The summed E-state index contributed by atoms with van der Waals surface area (Å²) in [6.07, 6.45) is 3.31. The molecule has 0 atom stereocenters. The molecule has 0 aromatic carbocycles. The highest BCUT2D eigenvalue weighted by molar-refractivity contribution is 5.59. The Morgan fingerprint density at radius 3 is 2.89 bits per heavy atom. The number of nitrogens with zero attached hydrogens (tertiary/aromatic N) is 3. The summed E-state index contributed by atoms with van der Waals surface area (Å²) in [5.74, 6) is -0.337. The number of aryl methyl sites for hydroxylation is 1. The van der Waals surface area contributed by atoms with Crippen LogP contribution in [0.1, 0.15) is 11.3 Å². The van der Waals surface area contributed by atoms with E-state index < -0.39 is 0 Å². The number of pyridine rings is 2. The fraction of sp³-hybridized carbons (Fsp3) is 0.214. The molecule has 0 aliphatic rings. The van der Waals surface area contributed by atoms with Crippen molar-refractivity contribution in [3.05, 3.63) is 47.7 Å². The monoisotopic (exact) mass is 258 g/mol. The van der Waals surface area contributed by atoms with Crippen LogP contribution in [0.4, 0.5) is 4.39 Å². The van der Waals surface area contributed by atoms with E-state index in [0.29, 0.717) is 18.9 Å². The van der Waals surface area contributed by atoms with Gasteiger partial charge >= 0.3 is 0 Å². The molecular formula is C14H15FN4. The smallest absolute Gasteiger partial charge is 0.149 e. The molecule has 2 heterocycles. The number of hydrogen-bond donors (Lipinski definition) is 1. The van der Waals surface area contributed by atoms with Gasteiger partial charge in [0.1, 0.15) is 11.5 Å². The Morgan fingerprint density at radius 2 is 2.21 bits per heavy atom. The van der Waals surface area contributed by atoms with Crippen LogP contribution in [0.25, 0.3) is 11.3 Å². The molecule has 2 aromatic rings. The second-order valence-electron chi connectivity index (χ2n) is 4.17. The minimum Gasteiger partial charge on any atom is -0.294 e. The van der Waals surface area contributed by atoms with Crippen LogP contribution in [-0.2, 0) is 6.54 Å². The minimum absolute atomic E-state index is 0.337. The first-order valence-electron chi connectivity index (χ1n) is 5.91. The number of rotatable bonds is 5. The van der Waals surface area contributed by atoms with Crippen LogP contribution < -0.4 is 5.32 Å². The standard InChI is InChI=1S/C14H15FN4/c1-10-5-12(3-4-18-10)14-13(15)6-11(8-19-14)7-17-9-16-2/h3-6,8,17H,2,7,9H2,1H3. The Morgan fingerprint density at radius 1 is 1.37 bits per heavy atom. The van der Waals surface area contributed by atoms with E-state index in [1.54, 1.807) is 18.5 Å². The van der Waals surface area contributed by atoms with Crippen LogP contribution >= 0.6 is 0 Å². The molecule has 0 saturated heterocycles. The molecule has 0 amide bonds. The van der Waals surface area contributed by atoms with Crippen molar-refractivity contribution in [2.45, 2.75) is 13.5 Å². The molecular weight excluding hydrogens is 243 g/mol. The van der Waals surface area contributed by atoms with Crippen LogP contribution in [0, 0.1) is 12.7 Å². The van der Waals surface area contributed by atoms with Crippen molar-refractivity contribution in [3.63, 3.8) is 0 Å². The fourth-order valence-corrected chi connectivity index (χ4v) is 1.76. The molecule has 4 nitrogen and oxygen atoms in total. The van der Waals surface area contributed by atoms with Gasteiger partial charge in [-0.05, 0) is 37.4 Å². The predicted octanol–water partition coefficient (Wildman–Crippen LogP) is 2.34. The number of halogens is 1. The average Bonchev–Trinajstić information content (AvgIpc) is 2.39. The highest BCUT2D eigenvalue weighted by Crippen LogP contribution is 2.21. The molecule has 0 spiro atoms. The van der Waals surface area contributed by atoms with Gasteiger partial charge in [-0.15, -0.1) is 0 Å². The van der Waals surface area contributed by atoms with Gasteiger partial charge in [0.2, 0.25) is 0 Å². The second-order valence-corrected chi connectivity index (χ2v) is 4.17. The summed E-state index contributed by atoms with van der Waals surface area (Å²) in [6.45, 7) is 6.18. The molecule has 0 aliphatic carbocycles. The van der Waals surface area contributed by atoms with E-state index >= 15 is 0 Å². The summed E-state index contributed by atoms with van der Waals surface area (Å²) in [4.78, 5) is 11.9. The molecule has 0 bridgehead atoms. The zero-order chi connectivity index (χ0) is 13.7. The molecule has 2 aromatic heterocycles. The molecule has 98 valence electrons. The fourth-order valence-electron chi connectivity index (χ4n) is 1.76. The van der Waals surface area contributed by atoms with Crippen LogP contribution in [0.3, 0.4) is 0 Å². The van der Waals surface area contributed by atoms with Crippen LogP contribution in [0.15, 0.2) is 35.6 Å². The van der Waals surface area contributed by atoms with E-state index in [0.717, 1.165) is 16.8 Å². The first-order chi connectivity index (χ1) is 9.20. The summed E-state index contributed by atoms with van der Waals surface area (Å²) in [5, 5.41) is 3.00. The molecule has 2 rings (SSSR count). The van der Waals surface area contributed by atoms with Crippen LogP contribution in [-0.4, -0.2) is 23.4 Å². The molecule has 19 heavy (non-hydrogen) atoms. The third-order valence-electron chi connectivity index (χ3n) is 2.62. The van der Waals surface area contributed by atoms with Crippen molar-refractivity contribution in [1.29, 1.82) is 0 Å². The van der Waals surface area contributed by atoms with Crippen molar-refractivity contribution in [3.8, 4) is 11.3 Å². The Labute approximate surface area is 111 Å². The van der Waals surface area contributed by atoms with Crippen LogP contribution in [0.5, 0.6) is 0 Å². The maximum Gasteiger partial charge on any atom is 0.149 e. The maximum atomic E-state index is 14.0. The van der Waals surface area contributed by atoms with Crippen molar-refractivity contribution in [2.75, 3.05) is 6.67 Å². The number of hydrogen-bond acceptors (Lipinski definition) is 4. The minimum atomic E-state index is -0.337. The first kappa shape index (κ1) is 13.3. The normalized spacial score (nSPS) is 10.4. The van der Waals surface area contributed by atoms with Gasteiger partial charge in [0.15, 0.2) is 0 Å². The van der Waals surface area contributed by atoms with Crippen molar-refractivity contribution in [2.24, 2.45) is 4.99 Å². The third kappa shape index (κ3) is 3.42. The molecule has 0 radical (unpaired) electrons. The lowest BCUT2D eigenvalue weighted by Crippen LogP contribution is -2.13. The molecule has 1 N–H and O–H groups in total. The van der Waals surface area contributed by atoms with E-state index in [-0.39, 0.29) is 5.82 Å². The van der Waals surface area contributed by atoms with Gasteiger partial charge in [-0.2, -0.15) is 0 Å². The molecule has 0 aliphatic heterocycles. The highest BCUT2D eigenvalue weighted by atomic mass is 19.1. The van der Waals surface area contributed by atoms with E-state index in [1.807, 2.05) is 13.0 Å². The maximum absolute atomic E-state index is 14.0. The van der Waals surface area contributed by atoms with Gasteiger partial charge in [0.05, 0.1) is 6.67 Å². The van der Waals surface area contributed by atoms with Gasteiger partial charge in [0.25, 0.3) is 0 Å². The zero-order valence-electron chi connectivity index (χ0n) is 10.7. The summed E-state index contributed by atoms with van der Waals surface area (Å²) >= 11 is 0. The molecule has 0 saturated carbocycles. The van der Waals surface area contributed by atoms with Crippen molar-refractivity contribution >= 4 is 6.72 Å². The van der Waals surface area contributed by atoms with Gasteiger partial charge in [0, 0.05) is 30.2 Å². The lowest BCUT2D eigenvalue weighted by atomic mass is 10.1. The molecule has 0 fully saturated rings. The summed E-state index contributed by atoms with van der Waals surface area (Å²) < 4.78 is 14.0. The third-order valence-corrected chi connectivity index (χ3v) is 2.62. The zero-order valence-corrected chi connectivity index (χ0v) is 10.7. The SMILES string of the molecule is C=NCNCc1cnc(-c2ccnc(C)c2)c(F)c1. The second kappa shape index (κ2) is 6.15. The predicted molar refractivity (Wildman–Crippen MR) is 73.4 cm³/mol. The first-order valence-corrected chi connectivity index (χ1v) is 5.91. The van der Waals surface area contributed by atoms with Gasteiger partial charge in [-0.1, -0.05) is 0 Å². The molecule has 5 heteroatoms. The van der Waals surface area contributed by atoms with E-state index in [9.17, 15) is 4.39 Å². The van der Waals surface area contributed by atoms with Gasteiger partial charge < -0.3 is 0 Å². The lowest BCUT2D eigenvalue weighted by molar-refractivity contribution is 0.618. The summed E-state index contributed by atoms with van der Waals surface area (Å²) in [6, 6.07) is 5.04. The average molecular weight is 258 g/mol. The Hall–Kier alpha value is -2.14. The van der Waals surface area contributed by atoms with E-state index in [4.69, 9.17) is 0 Å². The Balaban J connectivity index is 2.21. The van der Waals surface area contributed by atoms with Crippen molar-refractivity contribution in [1.82, 2.24) is 15.3 Å². The van der Waals surface area contributed by atoms with Gasteiger partial charge in [-0.3, -0.25) is 20.3 Å². The number of nitrogens with one attached hydrogen (secondary N) is 1. The Bertz CT molecular complexity index is 583. The molecule has 0 unspecified atom stereocenters. The highest BCUT2D eigenvalue weighted by Gasteiger charge is 2.08.